The zero-order chi connectivity index (χ0) is 24.0. The fourth-order valence-electron chi connectivity index (χ4n) is 3.27. The van der Waals surface area contributed by atoms with E-state index < -0.39 is 17.2 Å². The van der Waals surface area contributed by atoms with Gasteiger partial charge in [-0.05, 0) is 24.1 Å². The van der Waals surface area contributed by atoms with Crippen molar-refractivity contribution < 1.29 is 14.3 Å². The van der Waals surface area contributed by atoms with Crippen molar-refractivity contribution in [1.29, 1.82) is 0 Å². The topological polar surface area (TPSA) is 140 Å². The maximum Gasteiger partial charge on any atom is 0.330 e. The molecule has 0 atom stereocenters. The summed E-state index contributed by atoms with van der Waals surface area (Å²) in [6.45, 7) is 1.99. The molecule has 2 heterocycles. The number of H-pyrrole nitrogens is 1. The summed E-state index contributed by atoms with van der Waals surface area (Å²) in [7, 11) is 1.53. The number of nitrogens with zero attached hydrogens (tertiary/aromatic N) is 2. The molecular formula is C22H25N5O5S. The highest BCUT2D eigenvalue weighted by atomic mass is 32.1. The number of benzene rings is 1. The van der Waals surface area contributed by atoms with Gasteiger partial charge in [-0.1, -0.05) is 30.3 Å². The van der Waals surface area contributed by atoms with Crippen LogP contribution in [0.25, 0.3) is 0 Å². The Bertz CT molecular complexity index is 1250. The van der Waals surface area contributed by atoms with E-state index in [1.165, 1.54) is 23.5 Å². The van der Waals surface area contributed by atoms with Crippen LogP contribution >= 0.6 is 11.3 Å². The molecule has 3 rings (SSSR count). The second-order valence-corrected chi connectivity index (χ2v) is 8.30. The monoisotopic (exact) mass is 471 g/mol. The van der Waals surface area contributed by atoms with Crippen LogP contribution in [0.3, 0.4) is 0 Å². The Morgan fingerprint density at radius 1 is 1.18 bits per heavy atom. The molecule has 0 unspecified atom stereocenters. The minimum Gasteiger partial charge on any atom is -0.385 e. The van der Waals surface area contributed by atoms with E-state index in [0.717, 1.165) is 16.9 Å². The lowest BCUT2D eigenvalue weighted by molar-refractivity contribution is -0.114. The number of nitrogens with one attached hydrogen (secondary N) is 2. The molecule has 0 bridgehead atoms. The highest BCUT2D eigenvalue weighted by Gasteiger charge is 2.26. The van der Waals surface area contributed by atoms with Crippen molar-refractivity contribution in [3.05, 3.63) is 73.7 Å². The van der Waals surface area contributed by atoms with E-state index in [1.807, 2.05) is 30.3 Å². The zero-order valence-corrected chi connectivity index (χ0v) is 19.1. The molecule has 0 spiro atoms. The normalized spacial score (nSPS) is 10.7. The molecule has 2 aromatic heterocycles. The Labute approximate surface area is 193 Å². The molecule has 2 amide bonds. The van der Waals surface area contributed by atoms with Crippen LogP contribution in [0, 0.1) is 0 Å². The molecule has 33 heavy (non-hydrogen) atoms. The van der Waals surface area contributed by atoms with Gasteiger partial charge in [-0.2, -0.15) is 0 Å². The number of aromatic amines is 1. The number of carbonyl (C=O) groups excluding carboxylic acids is 2. The molecule has 0 aliphatic heterocycles. The van der Waals surface area contributed by atoms with Gasteiger partial charge in [-0.15, -0.1) is 11.3 Å². The number of rotatable bonds is 9. The average Bonchev–Trinajstić information content (AvgIpc) is 3.23. The molecule has 10 nitrogen and oxygen atoms in total. The molecule has 0 aliphatic rings. The second-order valence-electron chi connectivity index (χ2n) is 7.21. The average molecular weight is 472 g/mol. The van der Waals surface area contributed by atoms with E-state index in [9.17, 15) is 19.2 Å². The lowest BCUT2D eigenvalue weighted by Gasteiger charge is -2.24. The second kappa shape index (κ2) is 10.7. The Morgan fingerprint density at radius 3 is 2.58 bits per heavy atom. The van der Waals surface area contributed by atoms with E-state index in [1.54, 1.807) is 12.1 Å². The first-order valence-electron chi connectivity index (χ1n) is 10.2. The maximum absolute atomic E-state index is 13.4. The van der Waals surface area contributed by atoms with E-state index in [0.29, 0.717) is 22.9 Å². The summed E-state index contributed by atoms with van der Waals surface area (Å²) in [6, 6.07) is 12.3. The number of nitrogen functional groups attached to an aromatic ring is 1. The third-order valence-corrected chi connectivity index (χ3v) is 5.75. The van der Waals surface area contributed by atoms with Crippen LogP contribution < -0.4 is 27.2 Å². The van der Waals surface area contributed by atoms with Gasteiger partial charge < -0.3 is 15.8 Å². The maximum atomic E-state index is 13.4. The Balaban J connectivity index is 2.04. The van der Waals surface area contributed by atoms with E-state index in [4.69, 9.17) is 10.5 Å². The van der Waals surface area contributed by atoms with Crippen molar-refractivity contribution >= 4 is 39.7 Å². The molecule has 11 heteroatoms. The van der Waals surface area contributed by atoms with Crippen LogP contribution in [-0.4, -0.2) is 41.6 Å². The Morgan fingerprint density at radius 2 is 1.91 bits per heavy atom. The van der Waals surface area contributed by atoms with Gasteiger partial charge in [0, 0.05) is 27.2 Å². The van der Waals surface area contributed by atoms with Crippen molar-refractivity contribution in [2.75, 3.05) is 36.2 Å². The molecule has 0 saturated heterocycles. The molecule has 3 aromatic rings. The Hall–Kier alpha value is -3.70. The minimum absolute atomic E-state index is 0.110. The summed E-state index contributed by atoms with van der Waals surface area (Å²) in [5.74, 6) is -0.853. The Kier molecular flexibility index (Phi) is 7.80. The van der Waals surface area contributed by atoms with Crippen molar-refractivity contribution in [1.82, 2.24) is 9.55 Å². The number of anilines is 3. The van der Waals surface area contributed by atoms with Crippen molar-refractivity contribution in [3.8, 4) is 0 Å². The van der Waals surface area contributed by atoms with E-state index in [-0.39, 0.29) is 30.5 Å². The molecule has 0 aliphatic carbocycles. The number of hydrogen-bond acceptors (Lipinski definition) is 7. The summed E-state index contributed by atoms with van der Waals surface area (Å²) in [5.41, 5.74) is 5.56. The highest BCUT2D eigenvalue weighted by Crippen LogP contribution is 2.26. The van der Waals surface area contributed by atoms with Crippen LogP contribution in [0.15, 0.2) is 52.1 Å². The molecule has 0 saturated carbocycles. The predicted molar refractivity (Wildman–Crippen MR) is 128 cm³/mol. The van der Waals surface area contributed by atoms with Crippen LogP contribution in [0.5, 0.6) is 0 Å². The number of aromatic nitrogens is 2. The van der Waals surface area contributed by atoms with Crippen molar-refractivity contribution in [2.24, 2.45) is 0 Å². The number of carbonyl (C=O) groups is 2. The van der Waals surface area contributed by atoms with Crippen LogP contribution in [0.1, 0.15) is 28.6 Å². The fraction of sp³-hybridized carbons (Fsp3) is 0.273. The van der Waals surface area contributed by atoms with Gasteiger partial charge in [0.05, 0.1) is 16.4 Å². The summed E-state index contributed by atoms with van der Waals surface area (Å²) < 4.78 is 6.31. The minimum atomic E-state index is -0.758. The molecule has 1 aromatic carbocycles. The van der Waals surface area contributed by atoms with Gasteiger partial charge in [-0.25, -0.2) is 4.79 Å². The van der Waals surface area contributed by atoms with Crippen LogP contribution in [0.4, 0.5) is 16.5 Å². The molecule has 0 fully saturated rings. The number of nitrogens with two attached hydrogens (primary N) is 1. The van der Waals surface area contributed by atoms with Crippen LogP contribution in [0.2, 0.25) is 0 Å². The summed E-state index contributed by atoms with van der Waals surface area (Å²) in [5, 5.41) is 3.13. The van der Waals surface area contributed by atoms with Gasteiger partial charge in [0.2, 0.25) is 5.91 Å². The van der Waals surface area contributed by atoms with E-state index >= 15 is 0 Å². The van der Waals surface area contributed by atoms with Gasteiger partial charge in [0.25, 0.3) is 11.5 Å². The quantitative estimate of drug-likeness (QED) is 0.407. The van der Waals surface area contributed by atoms with E-state index in [2.05, 4.69) is 10.3 Å². The van der Waals surface area contributed by atoms with Gasteiger partial charge in [0.15, 0.2) is 5.69 Å². The lowest BCUT2D eigenvalue weighted by Crippen LogP contribution is -2.41. The first kappa shape index (κ1) is 24.0. The first-order chi connectivity index (χ1) is 15.8. The largest absolute Gasteiger partial charge is 0.385 e. The zero-order valence-electron chi connectivity index (χ0n) is 18.3. The third kappa shape index (κ3) is 5.76. The highest BCUT2D eigenvalue weighted by molar-refractivity contribution is 7.18. The SMILES string of the molecule is COCCCN(C(=O)c1ccc(NC(C)=O)s1)c1c(N)n(Cc2ccccc2)c(=O)[nH]c1=O. The number of thiophene rings is 1. The van der Waals surface area contributed by atoms with Crippen molar-refractivity contribution in [2.45, 2.75) is 19.9 Å². The smallest absolute Gasteiger partial charge is 0.330 e. The standard InChI is InChI=1S/C22H25N5O5S/c1-14(28)24-17-10-9-16(33-17)21(30)26(11-6-12-32-2)18-19(23)27(22(31)25-20(18)29)13-15-7-4-3-5-8-15/h3-5,7-10H,6,11-13,23H2,1-2H3,(H,24,28)(H,25,29,31). The summed E-state index contributed by atoms with van der Waals surface area (Å²) in [4.78, 5) is 53.8. The number of methoxy groups -OCH3 is 1. The van der Waals surface area contributed by atoms with Gasteiger partial charge in [0.1, 0.15) is 5.82 Å². The molecule has 0 radical (unpaired) electrons. The number of hydrogen-bond donors (Lipinski definition) is 3. The fourth-order valence-corrected chi connectivity index (χ4v) is 4.17. The first-order valence-corrected chi connectivity index (χ1v) is 11.0. The number of ether oxygens (including phenoxy) is 1. The molecule has 174 valence electrons. The molecule has 4 N–H and O–H groups in total. The predicted octanol–water partition coefficient (Wildman–Crippen LogP) is 1.87. The summed E-state index contributed by atoms with van der Waals surface area (Å²) >= 11 is 1.08. The third-order valence-electron chi connectivity index (χ3n) is 4.76. The number of amides is 2. The lowest BCUT2D eigenvalue weighted by atomic mass is 10.2. The van der Waals surface area contributed by atoms with Crippen molar-refractivity contribution in [3.63, 3.8) is 0 Å². The van der Waals surface area contributed by atoms with Crippen LogP contribution in [-0.2, 0) is 16.1 Å². The summed E-state index contributed by atoms with van der Waals surface area (Å²) in [6.07, 6.45) is 0.433. The van der Waals surface area contributed by atoms with Gasteiger partial charge >= 0.3 is 5.69 Å². The molecular weight excluding hydrogens is 446 g/mol. The van der Waals surface area contributed by atoms with Gasteiger partial charge in [-0.3, -0.25) is 28.8 Å².